The van der Waals surface area contributed by atoms with E-state index in [1.54, 1.807) is 12.1 Å². The number of phenols is 1. The number of carbonyl (C=O) groups is 2. The molecular weight excluding hydrogens is 424 g/mol. The van der Waals surface area contributed by atoms with Crippen molar-refractivity contribution in [2.75, 3.05) is 7.11 Å². The van der Waals surface area contributed by atoms with Gasteiger partial charge in [-0.1, -0.05) is 55.8 Å². The maximum absolute atomic E-state index is 12.4. The lowest BCUT2D eigenvalue weighted by molar-refractivity contribution is -0.124. The Kier molecular flexibility index (Phi) is 7.46. The van der Waals surface area contributed by atoms with Crippen LogP contribution in [0.5, 0.6) is 11.5 Å². The first-order chi connectivity index (χ1) is 16.5. The first kappa shape index (κ1) is 23.7. The van der Waals surface area contributed by atoms with Gasteiger partial charge in [0.15, 0.2) is 17.3 Å². The standard InChI is InChI=1S/C30H32O4/c1-3-20-8-11-24-16-22(15-23-6-4-5-7-28(23)24)17-25-14-21(18-29(34-2)30(25)33)10-13-27(32)19-26(31)12-9-20/h4-7,10,13-16,18,20,33H,3,8-9,11-12,17,19H2,1-2H3/b13-10-/t20-/m0/s1. The van der Waals surface area contributed by atoms with Crippen LogP contribution in [0.2, 0.25) is 0 Å². The number of ether oxygens (including phenoxy) is 1. The fourth-order valence-corrected chi connectivity index (χ4v) is 4.87. The molecule has 1 N–H and O–H groups in total. The maximum Gasteiger partial charge on any atom is 0.163 e. The highest BCUT2D eigenvalue weighted by molar-refractivity contribution is 6.06. The number of benzene rings is 3. The first-order valence-electron chi connectivity index (χ1n) is 12.1. The van der Waals surface area contributed by atoms with E-state index < -0.39 is 0 Å². The van der Waals surface area contributed by atoms with Crippen molar-refractivity contribution in [1.82, 2.24) is 0 Å². The summed E-state index contributed by atoms with van der Waals surface area (Å²) < 4.78 is 5.39. The zero-order chi connectivity index (χ0) is 24.1. The van der Waals surface area contributed by atoms with Gasteiger partial charge in [0.2, 0.25) is 0 Å². The average Bonchev–Trinajstić information content (AvgIpc) is 2.83. The zero-order valence-electron chi connectivity index (χ0n) is 20.0. The van der Waals surface area contributed by atoms with Crippen LogP contribution in [0.1, 0.15) is 61.3 Å². The normalized spacial score (nSPS) is 18.5. The minimum absolute atomic E-state index is 0.00570. The Hall–Kier alpha value is -3.40. The molecule has 3 aromatic rings. The SMILES string of the molecule is CC[C@@H]1CCC(=O)CC(=O)/C=C\c2cc(c(O)c(OC)c2)Cc2cc(c3ccccc3c2)CC1. The molecule has 0 aromatic heterocycles. The number of aryl methyl sites for hydroxylation is 1. The number of phenolic OH excluding ortho intramolecular Hbond substituents is 1. The molecule has 4 nitrogen and oxygen atoms in total. The van der Waals surface area contributed by atoms with Crippen molar-refractivity contribution < 1.29 is 19.4 Å². The van der Waals surface area contributed by atoms with Crippen molar-refractivity contribution in [3.8, 4) is 11.5 Å². The van der Waals surface area contributed by atoms with Gasteiger partial charge in [-0.3, -0.25) is 9.59 Å². The number of fused-ring (bicyclic) bond motifs is 6. The van der Waals surface area contributed by atoms with E-state index in [0.717, 1.165) is 42.4 Å². The van der Waals surface area contributed by atoms with Crippen LogP contribution in [0.15, 0.2) is 54.6 Å². The van der Waals surface area contributed by atoms with E-state index in [0.29, 0.717) is 24.5 Å². The lowest BCUT2D eigenvalue weighted by Crippen LogP contribution is -2.09. The van der Waals surface area contributed by atoms with Crippen molar-refractivity contribution in [3.63, 3.8) is 0 Å². The molecule has 0 radical (unpaired) electrons. The Balaban J connectivity index is 1.80. The number of ketones is 2. The second-order valence-electron chi connectivity index (χ2n) is 9.25. The fraction of sp³-hybridized carbons (Fsp3) is 0.333. The summed E-state index contributed by atoms with van der Waals surface area (Å²) in [6, 6.07) is 16.4. The lowest BCUT2D eigenvalue weighted by atomic mass is 9.89. The van der Waals surface area contributed by atoms with E-state index in [1.165, 1.54) is 29.5 Å². The van der Waals surface area contributed by atoms with Crippen LogP contribution >= 0.6 is 0 Å². The van der Waals surface area contributed by atoms with Crippen molar-refractivity contribution in [3.05, 3.63) is 76.9 Å². The summed E-state index contributed by atoms with van der Waals surface area (Å²) in [4.78, 5) is 24.8. The molecule has 0 fully saturated rings. The molecule has 34 heavy (non-hydrogen) atoms. The number of hydrogen-bond donors (Lipinski definition) is 1. The molecule has 0 heterocycles. The molecule has 4 bridgehead atoms. The van der Waals surface area contributed by atoms with Gasteiger partial charge in [-0.25, -0.2) is 0 Å². The summed E-state index contributed by atoms with van der Waals surface area (Å²) in [5.41, 5.74) is 3.90. The highest BCUT2D eigenvalue weighted by Gasteiger charge is 2.16. The quantitative estimate of drug-likeness (QED) is 0.451. The molecule has 0 amide bonds. The molecule has 4 rings (SSSR count). The smallest absolute Gasteiger partial charge is 0.163 e. The topological polar surface area (TPSA) is 63.6 Å². The molecule has 1 aliphatic carbocycles. The third-order valence-electron chi connectivity index (χ3n) is 6.86. The van der Waals surface area contributed by atoms with Crippen LogP contribution in [-0.4, -0.2) is 23.8 Å². The molecule has 0 saturated carbocycles. The predicted molar refractivity (Wildman–Crippen MR) is 136 cm³/mol. The largest absolute Gasteiger partial charge is 0.504 e. The second-order valence-corrected chi connectivity index (χ2v) is 9.25. The summed E-state index contributed by atoms with van der Waals surface area (Å²) >= 11 is 0. The van der Waals surface area contributed by atoms with Crippen LogP contribution in [0.25, 0.3) is 16.8 Å². The van der Waals surface area contributed by atoms with Crippen LogP contribution in [0, 0.1) is 5.92 Å². The maximum atomic E-state index is 12.4. The third kappa shape index (κ3) is 5.56. The fourth-order valence-electron chi connectivity index (χ4n) is 4.87. The zero-order valence-corrected chi connectivity index (χ0v) is 20.0. The van der Waals surface area contributed by atoms with Gasteiger partial charge in [-0.05, 0) is 70.9 Å². The second kappa shape index (κ2) is 10.7. The summed E-state index contributed by atoms with van der Waals surface area (Å²) in [5.74, 6) is 0.712. The number of allylic oxidation sites excluding steroid dienone is 1. The number of rotatable bonds is 2. The number of aromatic hydroxyl groups is 1. The van der Waals surface area contributed by atoms with E-state index in [-0.39, 0.29) is 23.7 Å². The molecular formula is C30H32O4. The number of hydrogen-bond acceptors (Lipinski definition) is 4. The molecule has 1 atom stereocenters. The first-order valence-corrected chi connectivity index (χ1v) is 12.1. The molecule has 0 aliphatic heterocycles. The monoisotopic (exact) mass is 456 g/mol. The van der Waals surface area contributed by atoms with Crippen LogP contribution in [0.4, 0.5) is 0 Å². The van der Waals surface area contributed by atoms with Gasteiger partial charge >= 0.3 is 0 Å². The third-order valence-corrected chi connectivity index (χ3v) is 6.86. The van der Waals surface area contributed by atoms with E-state index in [9.17, 15) is 14.7 Å². The highest BCUT2D eigenvalue weighted by Crippen LogP contribution is 2.35. The minimum atomic E-state index is -0.200. The van der Waals surface area contributed by atoms with Gasteiger partial charge in [0.1, 0.15) is 5.78 Å². The molecule has 1 aliphatic rings. The van der Waals surface area contributed by atoms with Crippen LogP contribution in [0.3, 0.4) is 0 Å². The minimum Gasteiger partial charge on any atom is -0.504 e. The molecule has 176 valence electrons. The van der Waals surface area contributed by atoms with Gasteiger partial charge in [0, 0.05) is 18.4 Å². The van der Waals surface area contributed by atoms with E-state index in [1.807, 2.05) is 6.07 Å². The molecule has 0 unspecified atom stereocenters. The molecule has 3 aromatic carbocycles. The van der Waals surface area contributed by atoms with E-state index in [2.05, 4.69) is 43.3 Å². The van der Waals surface area contributed by atoms with Gasteiger partial charge in [0.05, 0.1) is 13.5 Å². The van der Waals surface area contributed by atoms with E-state index >= 15 is 0 Å². The van der Waals surface area contributed by atoms with Crippen molar-refractivity contribution in [2.24, 2.45) is 5.92 Å². The highest BCUT2D eigenvalue weighted by atomic mass is 16.5. The van der Waals surface area contributed by atoms with Crippen LogP contribution in [-0.2, 0) is 22.4 Å². The van der Waals surface area contributed by atoms with Gasteiger partial charge in [-0.15, -0.1) is 0 Å². The molecule has 0 spiro atoms. The number of Topliss-reactive ketones (excluding diaryl/α,β-unsaturated/α-hetero) is 1. The number of carbonyl (C=O) groups excluding carboxylic acids is 2. The van der Waals surface area contributed by atoms with Crippen molar-refractivity contribution in [1.29, 1.82) is 0 Å². The Morgan fingerprint density at radius 1 is 0.941 bits per heavy atom. The van der Waals surface area contributed by atoms with Crippen molar-refractivity contribution >= 4 is 28.4 Å². The lowest BCUT2D eigenvalue weighted by Gasteiger charge is -2.17. The van der Waals surface area contributed by atoms with Crippen LogP contribution < -0.4 is 4.74 Å². The molecule has 4 heteroatoms. The van der Waals surface area contributed by atoms with Gasteiger partial charge in [0.25, 0.3) is 0 Å². The molecule has 0 saturated heterocycles. The summed E-state index contributed by atoms with van der Waals surface area (Å²) in [7, 11) is 1.52. The average molecular weight is 457 g/mol. The van der Waals surface area contributed by atoms with Crippen molar-refractivity contribution in [2.45, 2.75) is 51.9 Å². The Morgan fingerprint density at radius 3 is 2.53 bits per heavy atom. The van der Waals surface area contributed by atoms with Gasteiger partial charge < -0.3 is 9.84 Å². The summed E-state index contributed by atoms with van der Waals surface area (Å²) in [6.45, 7) is 2.17. The Bertz CT molecular complexity index is 1240. The number of methoxy groups -OCH3 is 1. The Labute approximate surface area is 201 Å². The van der Waals surface area contributed by atoms with Gasteiger partial charge in [-0.2, -0.15) is 0 Å². The summed E-state index contributed by atoms with van der Waals surface area (Å²) in [6.07, 6.45) is 7.82. The Morgan fingerprint density at radius 2 is 1.74 bits per heavy atom. The van der Waals surface area contributed by atoms with E-state index in [4.69, 9.17) is 4.74 Å². The predicted octanol–water partition coefficient (Wildman–Crippen LogP) is 6.44. The summed E-state index contributed by atoms with van der Waals surface area (Å²) in [5, 5.41) is 13.2.